The lowest BCUT2D eigenvalue weighted by atomic mass is 9.97. The number of methoxy groups -OCH3 is 1. The molecule has 0 radical (unpaired) electrons. The molecule has 25 heavy (non-hydrogen) atoms. The summed E-state index contributed by atoms with van der Waals surface area (Å²) in [5.74, 6) is -13.9. The Hall–Kier alpha value is -1.80. The van der Waals surface area contributed by atoms with Crippen LogP contribution in [0.3, 0.4) is 0 Å². The van der Waals surface area contributed by atoms with Crippen LogP contribution in [0.5, 0.6) is 5.75 Å². The number of ether oxygens (including phenoxy) is 1. The molecule has 0 N–H and O–H groups in total. The molecular weight excluding hydrogens is 360 g/mol. The van der Waals surface area contributed by atoms with E-state index in [1.54, 1.807) is 0 Å². The summed E-state index contributed by atoms with van der Waals surface area (Å²) in [5, 5.41) is 0. The van der Waals surface area contributed by atoms with E-state index < -0.39 is 58.1 Å². The largest absolute Gasteiger partial charge is 0.494 e. The van der Waals surface area contributed by atoms with Crippen molar-refractivity contribution < 1.29 is 39.9 Å². The monoisotopic (exact) mass is 374 g/mol. The molecule has 0 heterocycles. The maximum atomic E-state index is 14.6. The lowest BCUT2D eigenvalue weighted by Crippen LogP contribution is -2.22. The average molecular weight is 374 g/mol. The van der Waals surface area contributed by atoms with E-state index in [0.29, 0.717) is 6.07 Å². The fourth-order valence-electron chi connectivity index (χ4n) is 3.05. The van der Waals surface area contributed by atoms with E-state index in [1.165, 1.54) is 13.8 Å². The first kappa shape index (κ1) is 19.5. The highest BCUT2D eigenvalue weighted by atomic mass is 19.4. The lowest BCUT2D eigenvalue weighted by molar-refractivity contribution is -0.109. The van der Waals surface area contributed by atoms with Gasteiger partial charge in [-0.1, -0.05) is 13.8 Å². The number of alkyl halides is 5. The summed E-state index contributed by atoms with van der Waals surface area (Å²) in [4.78, 5) is 0. The topological polar surface area (TPSA) is 9.23 Å². The molecule has 2 rings (SSSR count). The van der Waals surface area contributed by atoms with Crippen molar-refractivity contribution in [2.24, 2.45) is 17.3 Å². The smallest absolute Gasteiger partial charge is 0.442 e. The zero-order chi connectivity index (χ0) is 19.4. The van der Waals surface area contributed by atoms with Crippen LogP contribution in [0.15, 0.2) is 24.0 Å². The minimum absolute atomic E-state index is 0.0658. The molecule has 9 heteroatoms. The summed E-state index contributed by atoms with van der Waals surface area (Å²) in [6, 6.07) is 1.39. The molecule has 1 aromatic rings. The van der Waals surface area contributed by atoms with E-state index >= 15 is 0 Å². The van der Waals surface area contributed by atoms with Crippen LogP contribution in [0.1, 0.15) is 19.4 Å². The van der Waals surface area contributed by atoms with Crippen LogP contribution in [0.2, 0.25) is 0 Å². The lowest BCUT2D eigenvalue weighted by Gasteiger charge is -2.20. The fraction of sp³-hybridized carbons (Fsp3) is 0.500. The molecule has 1 aliphatic carbocycles. The third-order valence-corrected chi connectivity index (χ3v) is 4.52. The predicted molar refractivity (Wildman–Crippen MR) is 72.8 cm³/mol. The molecule has 1 saturated carbocycles. The third kappa shape index (κ3) is 3.20. The van der Waals surface area contributed by atoms with Gasteiger partial charge < -0.3 is 4.74 Å². The quantitative estimate of drug-likeness (QED) is 0.610. The van der Waals surface area contributed by atoms with Crippen molar-refractivity contribution in [2.45, 2.75) is 25.9 Å². The minimum Gasteiger partial charge on any atom is -0.494 e. The molecule has 0 bridgehead atoms. The van der Waals surface area contributed by atoms with Gasteiger partial charge >= 0.3 is 6.18 Å². The Morgan fingerprint density at radius 2 is 1.64 bits per heavy atom. The number of halogens is 8. The highest BCUT2D eigenvalue weighted by molar-refractivity contribution is 5.36. The van der Waals surface area contributed by atoms with E-state index in [0.717, 1.165) is 13.2 Å². The van der Waals surface area contributed by atoms with Crippen LogP contribution >= 0.6 is 0 Å². The minimum atomic E-state index is -5.30. The Labute approximate surface area is 138 Å². The molecule has 0 spiro atoms. The maximum absolute atomic E-state index is 14.6. The first-order valence-corrected chi connectivity index (χ1v) is 7.11. The van der Waals surface area contributed by atoms with E-state index in [2.05, 4.69) is 4.74 Å². The normalized spacial score (nSPS) is 23.6. The third-order valence-electron chi connectivity index (χ3n) is 4.52. The number of hydrogen-bond donors (Lipinski definition) is 0. The van der Waals surface area contributed by atoms with E-state index in [9.17, 15) is 35.1 Å². The predicted octanol–water partition coefficient (Wildman–Crippen LogP) is 5.75. The summed E-state index contributed by atoms with van der Waals surface area (Å²) in [7, 11) is 1.01. The van der Waals surface area contributed by atoms with Gasteiger partial charge in [0.2, 0.25) is 5.82 Å². The molecule has 0 saturated heterocycles. The Morgan fingerprint density at radius 1 is 1.08 bits per heavy atom. The van der Waals surface area contributed by atoms with E-state index in [4.69, 9.17) is 0 Å². The number of hydrogen-bond acceptors (Lipinski definition) is 1. The maximum Gasteiger partial charge on any atom is 0.442 e. The van der Waals surface area contributed by atoms with Crippen LogP contribution in [-0.2, 0) is 5.92 Å². The number of allylic oxidation sites excluding steroid dienone is 2. The van der Waals surface area contributed by atoms with Crippen LogP contribution in [0.4, 0.5) is 35.1 Å². The van der Waals surface area contributed by atoms with Gasteiger partial charge in [-0.3, -0.25) is 0 Å². The standard InChI is InChI=1S/C16H14F8O/c1-14(2)8(6-10(17)16(22,23)24)13(14)15(20,21)7-4-5-9(25-3)12(19)11(7)18/h4-6,8,13H,1-3H3. The van der Waals surface area contributed by atoms with Gasteiger partial charge in [0.25, 0.3) is 5.92 Å². The Balaban J connectivity index is 2.43. The zero-order valence-electron chi connectivity index (χ0n) is 13.3. The van der Waals surface area contributed by atoms with Gasteiger partial charge in [0, 0.05) is 5.92 Å². The van der Waals surface area contributed by atoms with Crippen LogP contribution < -0.4 is 4.74 Å². The fourth-order valence-corrected chi connectivity index (χ4v) is 3.05. The Kier molecular flexibility index (Phi) is 4.59. The molecule has 140 valence electrons. The van der Waals surface area contributed by atoms with Crippen molar-refractivity contribution in [1.29, 1.82) is 0 Å². The van der Waals surface area contributed by atoms with Crippen LogP contribution in [0.25, 0.3) is 0 Å². The summed E-state index contributed by atoms with van der Waals surface area (Å²) in [5.41, 5.74) is -2.75. The molecular formula is C16H14F8O. The van der Waals surface area contributed by atoms with Crippen molar-refractivity contribution in [1.82, 2.24) is 0 Å². The van der Waals surface area contributed by atoms with Crippen molar-refractivity contribution in [3.05, 3.63) is 41.2 Å². The van der Waals surface area contributed by atoms with Crippen molar-refractivity contribution in [3.8, 4) is 5.75 Å². The number of benzene rings is 1. The van der Waals surface area contributed by atoms with Gasteiger partial charge in [-0.05, 0) is 29.5 Å². The van der Waals surface area contributed by atoms with Gasteiger partial charge in [-0.15, -0.1) is 0 Å². The molecule has 1 aromatic carbocycles. The summed E-state index contributed by atoms with van der Waals surface area (Å²) >= 11 is 0. The second kappa shape index (κ2) is 5.88. The van der Waals surface area contributed by atoms with Gasteiger partial charge in [0.05, 0.1) is 12.7 Å². The average Bonchev–Trinajstić information content (AvgIpc) is 3.02. The van der Waals surface area contributed by atoms with E-state index in [-0.39, 0.29) is 6.08 Å². The molecule has 1 nitrogen and oxygen atoms in total. The van der Waals surface area contributed by atoms with Crippen molar-refractivity contribution in [3.63, 3.8) is 0 Å². The molecule has 1 aliphatic rings. The Morgan fingerprint density at radius 3 is 2.12 bits per heavy atom. The molecule has 0 amide bonds. The Bertz CT molecular complexity index is 705. The molecule has 1 fully saturated rings. The highest BCUT2D eigenvalue weighted by Crippen LogP contribution is 2.68. The van der Waals surface area contributed by atoms with Crippen molar-refractivity contribution in [2.75, 3.05) is 7.11 Å². The SMILES string of the molecule is COc1ccc(C(F)(F)C2C(C=C(F)C(F)(F)F)C2(C)C)c(F)c1F. The summed E-state index contributed by atoms with van der Waals surface area (Å²) in [6.45, 7) is 2.41. The number of rotatable bonds is 4. The van der Waals surface area contributed by atoms with Crippen molar-refractivity contribution >= 4 is 0 Å². The van der Waals surface area contributed by atoms with Gasteiger partial charge in [-0.2, -0.15) is 17.6 Å². The highest BCUT2D eigenvalue weighted by Gasteiger charge is 2.69. The first-order chi connectivity index (χ1) is 11.3. The van der Waals surface area contributed by atoms with E-state index in [1.807, 2.05) is 0 Å². The molecule has 0 aromatic heterocycles. The summed E-state index contributed by atoms with van der Waals surface area (Å²) < 4.78 is 111. The molecule has 0 aliphatic heterocycles. The van der Waals surface area contributed by atoms with Gasteiger partial charge in [0.1, 0.15) is 0 Å². The van der Waals surface area contributed by atoms with Crippen LogP contribution in [0, 0.1) is 28.9 Å². The van der Waals surface area contributed by atoms with Gasteiger partial charge in [0.15, 0.2) is 17.4 Å². The molecule has 2 atom stereocenters. The van der Waals surface area contributed by atoms with Gasteiger partial charge in [-0.25, -0.2) is 17.6 Å². The summed E-state index contributed by atoms with van der Waals surface area (Å²) in [6.07, 6.45) is -5.23. The van der Waals surface area contributed by atoms with Crippen LogP contribution in [-0.4, -0.2) is 13.3 Å². The zero-order valence-corrected chi connectivity index (χ0v) is 13.3. The first-order valence-electron chi connectivity index (χ1n) is 7.11. The molecule has 2 unspecified atom stereocenters. The second-order valence-electron chi connectivity index (χ2n) is 6.40. The second-order valence-corrected chi connectivity index (χ2v) is 6.40.